The molecule has 0 saturated carbocycles. The van der Waals surface area contributed by atoms with Crippen molar-refractivity contribution < 1.29 is 17.5 Å². The Morgan fingerprint density at radius 1 is 1.19 bits per heavy atom. The van der Waals surface area contributed by atoms with Crippen molar-refractivity contribution in [1.29, 1.82) is 0 Å². The van der Waals surface area contributed by atoms with Crippen LogP contribution in [0.3, 0.4) is 0 Å². The zero-order chi connectivity index (χ0) is 15.5. The van der Waals surface area contributed by atoms with Crippen LogP contribution in [0.1, 0.15) is 5.56 Å². The van der Waals surface area contributed by atoms with Crippen molar-refractivity contribution in [3.05, 3.63) is 58.9 Å². The maximum atomic E-state index is 12.8. The highest BCUT2D eigenvalue weighted by Crippen LogP contribution is 2.26. The maximum Gasteiger partial charge on any atom is 0.242 e. The summed E-state index contributed by atoms with van der Waals surface area (Å²) in [5.74, 6) is 0.0947. The van der Waals surface area contributed by atoms with E-state index in [1.54, 1.807) is 0 Å². The summed E-state index contributed by atoms with van der Waals surface area (Å²) in [6, 6.07) is 9.86. The lowest BCUT2D eigenvalue weighted by Crippen LogP contribution is -2.23. The average molecular weight is 330 g/mol. The van der Waals surface area contributed by atoms with Gasteiger partial charge < -0.3 is 4.74 Å². The molecule has 0 atom stereocenters. The second-order valence-corrected chi connectivity index (χ2v) is 6.39. The van der Waals surface area contributed by atoms with Gasteiger partial charge in [-0.15, -0.1) is 0 Å². The van der Waals surface area contributed by atoms with Crippen LogP contribution in [0.2, 0.25) is 5.02 Å². The van der Waals surface area contributed by atoms with E-state index in [-0.39, 0.29) is 22.3 Å². The minimum absolute atomic E-state index is 0.0351. The molecule has 0 amide bonds. The Balaban J connectivity index is 2.16. The molecule has 2 rings (SSSR count). The molecule has 0 heterocycles. The molecule has 0 radical (unpaired) electrons. The summed E-state index contributed by atoms with van der Waals surface area (Å²) in [6.07, 6.45) is 0. The number of hydrogen-bond donors (Lipinski definition) is 1. The van der Waals surface area contributed by atoms with Gasteiger partial charge in [0.05, 0.1) is 12.1 Å². The first-order valence-electron chi connectivity index (χ1n) is 6.00. The highest BCUT2D eigenvalue weighted by atomic mass is 35.5. The lowest BCUT2D eigenvalue weighted by Gasteiger charge is -2.09. The molecule has 0 unspecified atom stereocenters. The second kappa shape index (κ2) is 6.43. The predicted molar refractivity (Wildman–Crippen MR) is 78.4 cm³/mol. The molecule has 0 aliphatic rings. The minimum atomic E-state index is -3.76. The van der Waals surface area contributed by atoms with Crippen molar-refractivity contribution in [1.82, 2.24) is 4.72 Å². The molecule has 0 bridgehead atoms. The van der Waals surface area contributed by atoms with E-state index in [4.69, 9.17) is 16.3 Å². The van der Waals surface area contributed by atoms with Crippen molar-refractivity contribution in [3.63, 3.8) is 0 Å². The first-order chi connectivity index (χ1) is 9.92. The van der Waals surface area contributed by atoms with E-state index in [1.807, 2.05) is 0 Å². The van der Waals surface area contributed by atoms with Gasteiger partial charge in [0.1, 0.15) is 16.5 Å². The Morgan fingerprint density at radius 2 is 1.86 bits per heavy atom. The summed E-state index contributed by atoms with van der Waals surface area (Å²) in [5, 5.41) is 0.0703. The molecule has 0 aliphatic heterocycles. The van der Waals surface area contributed by atoms with E-state index in [1.165, 1.54) is 49.6 Å². The van der Waals surface area contributed by atoms with Gasteiger partial charge in [-0.2, -0.15) is 0 Å². The normalized spacial score (nSPS) is 11.4. The standard InChI is InChI=1S/C14H13ClFNO3S/c1-20-12-6-7-14(13(15)8-12)21(18,19)17-9-10-2-4-11(16)5-3-10/h2-8,17H,9H2,1H3. The minimum Gasteiger partial charge on any atom is -0.497 e. The molecule has 0 aromatic heterocycles. The zero-order valence-corrected chi connectivity index (χ0v) is 12.7. The van der Waals surface area contributed by atoms with E-state index < -0.39 is 10.0 Å². The molecule has 2 aromatic carbocycles. The predicted octanol–water partition coefficient (Wildman–Crippen LogP) is 2.97. The molecule has 0 fully saturated rings. The Labute approximate surface area is 127 Å². The number of hydrogen-bond acceptors (Lipinski definition) is 3. The fraction of sp³-hybridized carbons (Fsp3) is 0.143. The van der Waals surface area contributed by atoms with Crippen LogP contribution < -0.4 is 9.46 Å². The third-order valence-electron chi connectivity index (χ3n) is 2.81. The van der Waals surface area contributed by atoms with Crippen molar-refractivity contribution in [2.75, 3.05) is 7.11 Å². The Kier molecular flexibility index (Phi) is 4.82. The fourth-order valence-corrected chi connectivity index (χ4v) is 3.24. The third kappa shape index (κ3) is 3.93. The molecule has 1 N–H and O–H groups in total. The number of ether oxygens (including phenoxy) is 1. The van der Waals surface area contributed by atoms with Gasteiger partial charge in [-0.25, -0.2) is 17.5 Å². The van der Waals surface area contributed by atoms with Crippen LogP contribution in [-0.2, 0) is 16.6 Å². The smallest absolute Gasteiger partial charge is 0.242 e. The number of benzene rings is 2. The van der Waals surface area contributed by atoms with Crippen LogP contribution in [0.5, 0.6) is 5.75 Å². The van der Waals surface area contributed by atoms with Crippen LogP contribution in [0.4, 0.5) is 4.39 Å². The number of rotatable bonds is 5. The fourth-order valence-electron chi connectivity index (χ4n) is 1.68. The summed E-state index contributed by atoms with van der Waals surface area (Å²) < 4.78 is 44.5. The van der Waals surface area contributed by atoms with Crippen molar-refractivity contribution >= 4 is 21.6 Å². The molecule has 112 valence electrons. The zero-order valence-electron chi connectivity index (χ0n) is 11.1. The van der Waals surface area contributed by atoms with Gasteiger partial charge in [0.15, 0.2) is 0 Å². The van der Waals surface area contributed by atoms with E-state index in [0.717, 1.165) is 0 Å². The molecule has 0 spiro atoms. The van der Waals surface area contributed by atoms with Crippen molar-refractivity contribution in [2.24, 2.45) is 0 Å². The number of halogens is 2. The first-order valence-corrected chi connectivity index (χ1v) is 7.86. The van der Waals surface area contributed by atoms with Gasteiger partial charge in [0, 0.05) is 12.6 Å². The van der Waals surface area contributed by atoms with E-state index >= 15 is 0 Å². The van der Waals surface area contributed by atoms with Gasteiger partial charge in [0.25, 0.3) is 0 Å². The van der Waals surface area contributed by atoms with Crippen LogP contribution in [0.25, 0.3) is 0 Å². The van der Waals surface area contributed by atoms with E-state index in [9.17, 15) is 12.8 Å². The summed E-state index contributed by atoms with van der Waals surface area (Å²) in [4.78, 5) is -0.0351. The highest BCUT2D eigenvalue weighted by Gasteiger charge is 2.18. The first kappa shape index (κ1) is 15.8. The van der Waals surface area contributed by atoms with Crippen LogP contribution in [0.15, 0.2) is 47.4 Å². The lowest BCUT2D eigenvalue weighted by molar-refractivity contribution is 0.414. The van der Waals surface area contributed by atoms with E-state index in [0.29, 0.717) is 11.3 Å². The lowest BCUT2D eigenvalue weighted by atomic mass is 10.2. The van der Waals surface area contributed by atoms with Crippen molar-refractivity contribution in [3.8, 4) is 5.75 Å². The molecule has 21 heavy (non-hydrogen) atoms. The van der Waals surface area contributed by atoms with Crippen LogP contribution in [-0.4, -0.2) is 15.5 Å². The number of sulfonamides is 1. The molecule has 4 nitrogen and oxygen atoms in total. The molecule has 7 heteroatoms. The van der Waals surface area contributed by atoms with Crippen molar-refractivity contribution in [2.45, 2.75) is 11.4 Å². The largest absolute Gasteiger partial charge is 0.497 e. The number of nitrogens with one attached hydrogen (secondary N) is 1. The molecule has 0 saturated heterocycles. The molecular weight excluding hydrogens is 317 g/mol. The van der Waals surface area contributed by atoms with E-state index in [2.05, 4.69) is 4.72 Å². The SMILES string of the molecule is COc1ccc(S(=O)(=O)NCc2ccc(F)cc2)c(Cl)c1. The Hall–Kier alpha value is -1.63. The third-order valence-corrected chi connectivity index (χ3v) is 4.69. The van der Waals surface area contributed by atoms with Gasteiger partial charge in [0.2, 0.25) is 10.0 Å². The second-order valence-electron chi connectivity index (χ2n) is 4.25. The maximum absolute atomic E-state index is 12.8. The molecule has 2 aromatic rings. The summed E-state index contributed by atoms with van der Waals surface area (Å²) in [5.41, 5.74) is 0.643. The highest BCUT2D eigenvalue weighted by molar-refractivity contribution is 7.89. The Morgan fingerprint density at radius 3 is 2.43 bits per heavy atom. The van der Waals surface area contributed by atoms with Crippen LogP contribution >= 0.6 is 11.6 Å². The average Bonchev–Trinajstić information content (AvgIpc) is 2.46. The summed E-state index contributed by atoms with van der Waals surface area (Å²) >= 11 is 5.95. The monoisotopic (exact) mass is 329 g/mol. The van der Waals surface area contributed by atoms with Gasteiger partial charge in [-0.3, -0.25) is 0 Å². The van der Waals surface area contributed by atoms with Crippen LogP contribution in [0, 0.1) is 5.82 Å². The summed E-state index contributed by atoms with van der Waals surface area (Å²) in [6.45, 7) is 0.0466. The number of methoxy groups -OCH3 is 1. The topological polar surface area (TPSA) is 55.4 Å². The molecular formula is C14H13ClFNO3S. The summed E-state index contributed by atoms with van der Waals surface area (Å²) in [7, 11) is -2.29. The quantitative estimate of drug-likeness (QED) is 0.917. The molecule has 0 aliphatic carbocycles. The Bertz CT molecular complexity index is 732. The van der Waals surface area contributed by atoms with Gasteiger partial charge in [-0.05, 0) is 29.8 Å². The van der Waals surface area contributed by atoms with Gasteiger partial charge >= 0.3 is 0 Å². The van der Waals surface area contributed by atoms with Gasteiger partial charge in [-0.1, -0.05) is 23.7 Å².